The van der Waals surface area contributed by atoms with Crippen LogP contribution in [-0.4, -0.2) is 12.9 Å². The Hall–Kier alpha value is -4.05. The van der Waals surface area contributed by atoms with Crippen LogP contribution >= 0.6 is 0 Å². The number of ether oxygens (including phenoxy) is 2. The molecular formula is C33H31NO3. The minimum absolute atomic E-state index is 0.0357. The highest BCUT2D eigenvalue weighted by Crippen LogP contribution is 2.53. The molecule has 0 saturated heterocycles. The van der Waals surface area contributed by atoms with Gasteiger partial charge in [0.1, 0.15) is 6.61 Å². The normalized spacial score (nSPS) is 18.1. The molecule has 4 nitrogen and oxygen atoms in total. The highest BCUT2D eigenvalue weighted by Gasteiger charge is 2.42. The summed E-state index contributed by atoms with van der Waals surface area (Å²) in [7, 11) is 1.65. The van der Waals surface area contributed by atoms with Crippen LogP contribution in [0.25, 0.3) is 16.5 Å². The van der Waals surface area contributed by atoms with Crippen LogP contribution in [0.5, 0.6) is 11.5 Å². The molecule has 186 valence electrons. The molecule has 2 aliphatic rings. The number of hydrogen-bond acceptors (Lipinski definition) is 4. The zero-order valence-electron chi connectivity index (χ0n) is 21.5. The van der Waals surface area contributed by atoms with Gasteiger partial charge in [-0.1, -0.05) is 74.5 Å². The average molecular weight is 490 g/mol. The van der Waals surface area contributed by atoms with Crippen LogP contribution in [0, 0.1) is 5.41 Å². The van der Waals surface area contributed by atoms with Gasteiger partial charge in [0.2, 0.25) is 0 Å². The van der Waals surface area contributed by atoms with Gasteiger partial charge in [0.15, 0.2) is 17.3 Å². The summed E-state index contributed by atoms with van der Waals surface area (Å²) < 4.78 is 11.8. The molecule has 4 heteroatoms. The monoisotopic (exact) mass is 489 g/mol. The molecule has 1 heterocycles. The Morgan fingerprint density at radius 2 is 1.70 bits per heavy atom. The average Bonchev–Trinajstić information content (AvgIpc) is 2.91. The SMILES string of the molecule is COc1cc(C2=C3C(=O)CC(C)(C)CC3c3c(ccc4ccccc34)N2)ccc1OCc1ccccc1. The standard InChI is InChI=1S/C33H31NO3/c1-33(2)18-25-30-24-12-8-7-11-22(24)13-15-26(30)34-32(31(25)27(35)19-33)23-14-16-28(29(17-23)36-3)37-20-21-9-5-4-6-10-21/h4-17,25,34H,18-20H2,1-3H3. The third kappa shape index (κ3) is 4.27. The lowest BCUT2D eigenvalue weighted by atomic mass is 9.64. The molecule has 0 bridgehead atoms. The van der Waals surface area contributed by atoms with Crippen molar-refractivity contribution in [2.24, 2.45) is 5.41 Å². The van der Waals surface area contributed by atoms with Crippen molar-refractivity contribution in [3.05, 3.63) is 107 Å². The van der Waals surface area contributed by atoms with E-state index in [9.17, 15) is 4.79 Å². The molecule has 1 saturated carbocycles. The van der Waals surface area contributed by atoms with E-state index in [0.29, 0.717) is 24.5 Å². The van der Waals surface area contributed by atoms with Crippen molar-refractivity contribution in [2.75, 3.05) is 12.4 Å². The lowest BCUT2D eigenvalue weighted by molar-refractivity contribution is -0.119. The van der Waals surface area contributed by atoms with Crippen molar-refractivity contribution in [3.63, 3.8) is 0 Å². The summed E-state index contributed by atoms with van der Waals surface area (Å²) in [5.74, 6) is 1.57. The van der Waals surface area contributed by atoms with Gasteiger partial charge in [-0.3, -0.25) is 4.79 Å². The van der Waals surface area contributed by atoms with Crippen LogP contribution in [0.1, 0.15) is 49.3 Å². The van der Waals surface area contributed by atoms with Gasteiger partial charge in [0.05, 0.1) is 12.8 Å². The minimum Gasteiger partial charge on any atom is -0.493 e. The third-order valence-corrected chi connectivity index (χ3v) is 7.58. The van der Waals surface area contributed by atoms with E-state index in [4.69, 9.17) is 9.47 Å². The number of fused-ring (bicyclic) bond motifs is 5. The van der Waals surface area contributed by atoms with Crippen LogP contribution in [0.3, 0.4) is 0 Å². The largest absolute Gasteiger partial charge is 0.493 e. The fourth-order valence-electron chi connectivity index (χ4n) is 5.90. The number of rotatable bonds is 5. The summed E-state index contributed by atoms with van der Waals surface area (Å²) in [6, 6.07) is 28.8. The van der Waals surface area contributed by atoms with Gasteiger partial charge in [-0.15, -0.1) is 0 Å². The molecule has 4 aromatic rings. The zero-order valence-corrected chi connectivity index (χ0v) is 21.5. The Labute approximate surface area is 217 Å². The van der Waals surface area contributed by atoms with Gasteiger partial charge in [-0.05, 0) is 58.0 Å². The van der Waals surface area contributed by atoms with Gasteiger partial charge in [-0.25, -0.2) is 0 Å². The van der Waals surface area contributed by atoms with Gasteiger partial charge in [-0.2, -0.15) is 0 Å². The van der Waals surface area contributed by atoms with Crippen molar-refractivity contribution < 1.29 is 14.3 Å². The van der Waals surface area contributed by atoms with Crippen LogP contribution < -0.4 is 14.8 Å². The highest BCUT2D eigenvalue weighted by molar-refractivity contribution is 6.10. The van der Waals surface area contributed by atoms with Crippen LogP contribution in [-0.2, 0) is 11.4 Å². The minimum atomic E-state index is -0.0608. The lowest BCUT2D eigenvalue weighted by Gasteiger charge is -2.41. The maximum Gasteiger partial charge on any atom is 0.162 e. The van der Waals surface area contributed by atoms with E-state index in [0.717, 1.165) is 34.5 Å². The van der Waals surface area contributed by atoms with E-state index in [-0.39, 0.29) is 17.1 Å². The van der Waals surface area contributed by atoms with E-state index in [2.05, 4.69) is 55.6 Å². The summed E-state index contributed by atoms with van der Waals surface area (Å²) in [5, 5.41) is 6.06. The number of benzene rings is 4. The first-order chi connectivity index (χ1) is 17.9. The summed E-state index contributed by atoms with van der Waals surface area (Å²) in [6.45, 7) is 4.87. The number of carbonyl (C=O) groups is 1. The molecule has 1 unspecified atom stereocenters. The van der Waals surface area contributed by atoms with Crippen molar-refractivity contribution in [3.8, 4) is 11.5 Å². The summed E-state index contributed by atoms with van der Waals surface area (Å²) in [6.07, 6.45) is 1.47. The van der Waals surface area contributed by atoms with Crippen molar-refractivity contribution in [1.29, 1.82) is 0 Å². The van der Waals surface area contributed by atoms with E-state index >= 15 is 0 Å². The Bertz CT molecular complexity index is 1530. The lowest BCUT2D eigenvalue weighted by Crippen LogP contribution is -2.34. The van der Waals surface area contributed by atoms with Gasteiger partial charge in [0, 0.05) is 29.2 Å². The second-order valence-corrected chi connectivity index (χ2v) is 10.8. The molecule has 0 amide bonds. The smallest absolute Gasteiger partial charge is 0.162 e. The van der Waals surface area contributed by atoms with Crippen LogP contribution in [0.4, 0.5) is 5.69 Å². The quantitative estimate of drug-likeness (QED) is 0.311. The second kappa shape index (κ2) is 9.11. The molecule has 4 aromatic carbocycles. The number of ketones is 1. The summed E-state index contributed by atoms with van der Waals surface area (Å²) >= 11 is 0. The molecule has 1 aliphatic heterocycles. The summed E-state index contributed by atoms with van der Waals surface area (Å²) in [4.78, 5) is 13.7. The van der Waals surface area contributed by atoms with E-state index in [1.165, 1.54) is 16.3 Å². The number of carbonyl (C=O) groups excluding carboxylic acids is 1. The molecule has 1 N–H and O–H groups in total. The zero-order chi connectivity index (χ0) is 25.6. The molecule has 0 spiro atoms. The molecule has 1 fully saturated rings. The number of methoxy groups -OCH3 is 1. The topological polar surface area (TPSA) is 47.6 Å². The first kappa shape index (κ1) is 23.4. The molecule has 0 aromatic heterocycles. The first-order valence-electron chi connectivity index (χ1n) is 12.8. The maximum atomic E-state index is 13.7. The molecule has 0 radical (unpaired) electrons. The van der Waals surface area contributed by atoms with Crippen LogP contribution in [0.2, 0.25) is 0 Å². The molecule has 1 aliphatic carbocycles. The second-order valence-electron chi connectivity index (χ2n) is 10.8. The number of Topliss-reactive ketones (excluding diaryl/α,β-unsaturated/α-hetero) is 1. The van der Waals surface area contributed by atoms with Crippen molar-refractivity contribution in [1.82, 2.24) is 0 Å². The number of hydrogen-bond donors (Lipinski definition) is 1. The van der Waals surface area contributed by atoms with Crippen molar-refractivity contribution in [2.45, 2.75) is 39.2 Å². The fourth-order valence-corrected chi connectivity index (χ4v) is 5.90. The van der Waals surface area contributed by atoms with Gasteiger partial charge < -0.3 is 14.8 Å². The third-order valence-electron chi connectivity index (χ3n) is 7.58. The van der Waals surface area contributed by atoms with E-state index < -0.39 is 0 Å². The number of nitrogens with one attached hydrogen (secondary N) is 1. The molecule has 1 atom stereocenters. The Kier molecular flexibility index (Phi) is 5.75. The van der Waals surface area contributed by atoms with E-state index in [1.807, 2.05) is 48.5 Å². The first-order valence-corrected chi connectivity index (χ1v) is 12.8. The fraction of sp³-hybridized carbons (Fsp3) is 0.242. The van der Waals surface area contributed by atoms with Crippen molar-refractivity contribution >= 4 is 27.9 Å². The predicted octanol–water partition coefficient (Wildman–Crippen LogP) is 7.74. The Morgan fingerprint density at radius 1 is 0.919 bits per heavy atom. The predicted molar refractivity (Wildman–Crippen MR) is 149 cm³/mol. The molecule has 6 rings (SSSR count). The summed E-state index contributed by atoms with van der Waals surface area (Å²) in [5.41, 5.74) is 6.01. The van der Waals surface area contributed by atoms with Gasteiger partial charge >= 0.3 is 0 Å². The molecule has 37 heavy (non-hydrogen) atoms. The number of anilines is 1. The maximum absolute atomic E-state index is 13.7. The Morgan fingerprint density at radius 3 is 2.51 bits per heavy atom. The molecular weight excluding hydrogens is 458 g/mol. The van der Waals surface area contributed by atoms with Crippen LogP contribution in [0.15, 0.2) is 90.5 Å². The highest BCUT2D eigenvalue weighted by atomic mass is 16.5. The van der Waals surface area contributed by atoms with Gasteiger partial charge in [0.25, 0.3) is 0 Å². The number of allylic oxidation sites excluding steroid dienone is 1. The van der Waals surface area contributed by atoms with E-state index in [1.54, 1.807) is 7.11 Å². The Balaban J connectivity index is 1.44.